The highest BCUT2D eigenvalue weighted by Crippen LogP contribution is 2.58. The average molecular weight is 551 g/mol. The Balaban J connectivity index is 1.27. The molecule has 0 amide bonds. The van der Waals surface area contributed by atoms with Crippen LogP contribution in [0.4, 0.5) is 5.82 Å². The highest BCUT2D eigenvalue weighted by atomic mass is 15.3. The van der Waals surface area contributed by atoms with Crippen LogP contribution >= 0.6 is 0 Å². The van der Waals surface area contributed by atoms with E-state index in [1.165, 1.54) is 93.0 Å². The van der Waals surface area contributed by atoms with E-state index >= 15 is 0 Å². The first-order chi connectivity index (χ1) is 19.8. The summed E-state index contributed by atoms with van der Waals surface area (Å²) in [5, 5.41) is 4.61. The van der Waals surface area contributed by atoms with E-state index in [-0.39, 0.29) is 0 Å². The number of allylic oxidation sites excluding steroid dienone is 1. The minimum atomic E-state index is 0.345. The van der Waals surface area contributed by atoms with Crippen molar-refractivity contribution < 1.29 is 0 Å². The van der Waals surface area contributed by atoms with Crippen LogP contribution in [0.5, 0.6) is 0 Å². The number of aromatic nitrogens is 3. The second-order valence-electron chi connectivity index (χ2n) is 13.9. The zero-order valence-electron chi connectivity index (χ0n) is 26.0. The number of aryl methyl sites for hydroxylation is 2. The van der Waals surface area contributed by atoms with Crippen LogP contribution in [0.1, 0.15) is 114 Å². The fourth-order valence-corrected chi connectivity index (χ4v) is 8.19. The summed E-state index contributed by atoms with van der Waals surface area (Å²) < 4.78 is 2.04. The molecule has 2 bridgehead atoms. The lowest BCUT2D eigenvalue weighted by Gasteiger charge is -2.55. The predicted octanol–water partition coefficient (Wildman–Crippen LogP) is 9.59. The summed E-state index contributed by atoms with van der Waals surface area (Å²) >= 11 is 0. The Morgan fingerprint density at radius 1 is 1.00 bits per heavy atom. The third-order valence-corrected chi connectivity index (χ3v) is 11.1. The topological polar surface area (TPSA) is 34.0 Å². The third kappa shape index (κ3) is 5.51. The number of fused-ring (bicyclic) bond motifs is 3. The van der Waals surface area contributed by atoms with Gasteiger partial charge in [0, 0.05) is 36.2 Å². The molecule has 4 nitrogen and oxygen atoms in total. The second kappa shape index (κ2) is 11.4. The minimum absolute atomic E-state index is 0.345. The molecule has 4 saturated carbocycles. The Labute approximate surface area is 248 Å². The van der Waals surface area contributed by atoms with Crippen molar-refractivity contribution in [2.75, 3.05) is 11.4 Å². The summed E-state index contributed by atoms with van der Waals surface area (Å²) in [7, 11) is 0. The molecule has 4 aliphatic carbocycles. The normalized spacial score (nSPS) is 24.6. The first-order valence-electron chi connectivity index (χ1n) is 16.4. The molecule has 1 aromatic carbocycles. The molecule has 4 aliphatic rings. The molecule has 0 atom stereocenters. The number of benzene rings is 1. The fraction of sp³-hybridized carbons (Fsp3) is 0.568. The Morgan fingerprint density at radius 2 is 1.73 bits per heavy atom. The maximum absolute atomic E-state index is 4.99. The standard InChI is InChI=1S/C37H50N4/c1-6-30-12-13-34(22-28(30)4)37-18-15-36(16-19-37,17-20-37)26-40(29(5)31-10-8-7-9-11-31)35-23-32(14-21-38-35)33-24-39-41(25-33)27(2)3/h12-14,21-25,27,31H,5-11,15-20,26H2,1-4H3. The van der Waals surface area contributed by atoms with Crippen molar-refractivity contribution in [1.29, 1.82) is 0 Å². The summed E-state index contributed by atoms with van der Waals surface area (Å²) in [6, 6.07) is 12.1. The summed E-state index contributed by atoms with van der Waals surface area (Å²) in [6.07, 6.45) is 21.6. The van der Waals surface area contributed by atoms with Crippen LogP contribution in [-0.4, -0.2) is 21.3 Å². The molecule has 0 unspecified atom stereocenters. The van der Waals surface area contributed by atoms with Crippen molar-refractivity contribution in [3.05, 3.63) is 77.9 Å². The van der Waals surface area contributed by atoms with Gasteiger partial charge >= 0.3 is 0 Å². The molecule has 0 aliphatic heterocycles. The van der Waals surface area contributed by atoms with Gasteiger partial charge in [-0.3, -0.25) is 4.68 Å². The summed E-state index contributed by atoms with van der Waals surface area (Å²) in [4.78, 5) is 7.55. The monoisotopic (exact) mass is 550 g/mol. The van der Waals surface area contributed by atoms with Gasteiger partial charge in [0.25, 0.3) is 0 Å². The third-order valence-electron chi connectivity index (χ3n) is 11.1. The molecular formula is C37H50N4. The molecule has 3 aromatic rings. The molecule has 0 radical (unpaired) electrons. The number of nitrogens with zero attached hydrogens (tertiary/aromatic N) is 4. The number of hydrogen-bond donors (Lipinski definition) is 0. The smallest absolute Gasteiger partial charge is 0.133 e. The number of pyridine rings is 1. The van der Waals surface area contributed by atoms with Crippen molar-refractivity contribution in [2.45, 2.75) is 116 Å². The Hall–Kier alpha value is -2.88. The van der Waals surface area contributed by atoms with Gasteiger partial charge < -0.3 is 4.90 Å². The molecule has 2 heterocycles. The molecule has 41 heavy (non-hydrogen) atoms. The molecule has 0 saturated heterocycles. The zero-order valence-corrected chi connectivity index (χ0v) is 26.0. The lowest BCUT2D eigenvalue weighted by Crippen LogP contribution is -2.49. The molecular weight excluding hydrogens is 500 g/mol. The number of rotatable bonds is 9. The van der Waals surface area contributed by atoms with Crippen molar-refractivity contribution >= 4 is 5.82 Å². The first-order valence-corrected chi connectivity index (χ1v) is 16.4. The van der Waals surface area contributed by atoms with Crippen molar-refractivity contribution in [3.63, 3.8) is 0 Å². The van der Waals surface area contributed by atoms with Crippen LogP contribution in [0.3, 0.4) is 0 Å². The van der Waals surface area contributed by atoms with E-state index in [9.17, 15) is 0 Å². The van der Waals surface area contributed by atoms with Gasteiger partial charge in [0.15, 0.2) is 0 Å². The van der Waals surface area contributed by atoms with Gasteiger partial charge in [-0.1, -0.05) is 51.0 Å². The van der Waals surface area contributed by atoms with Gasteiger partial charge in [0.1, 0.15) is 5.82 Å². The van der Waals surface area contributed by atoms with Crippen LogP contribution in [0.25, 0.3) is 11.1 Å². The second-order valence-corrected chi connectivity index (χ2v) is 13.9. The zero-order chi connectivity index (χ0) is 28.6. The lowest BCUT2D eigenvalue weighted by atomic mass is 9.51. The van der Waals surface area contributed by atoms with Gasteiger partial charge in [0.2, 0.25) is 0 Å². The van der Waals surface area contributed by atoms with E-state index in [0.717, 1.165) is 24.3 Å². The van der Waals surface area contributed by atoms with Crippen LogP contribution in [0, 0.1) is 18.3 Å². The van der Waals surface area contributed by atoms with E-state index in [1.54, 1.807) is 5.56 Å². The van der Waals surface area contributed by atoms with Gasteiger partial charge in [0.05, 0.1) is 6.20 Å². The van der Waals surface area contributed by atoms with Gasteiger partial charge in [-0.2, -0.15) is 5.10 Å². The highest BCUT2D eigenvalue weighted by molar-refractivity contribution is 5.66. The Bertz CT molecular complexity index is 1350. The maximum Gasteiger partial charge on any atom is 0.133 e. The van der Waals surface area contributed by atoms with E-state index in [2.05, 4.69) is 74.2 Å². The van der Waals surface area contributed by atoms with Gasteiger partial charge in [-0.05, 0) is 130 Å². The van der Waals surface area contributed by atoms with Crippen molar-refractivity contribution in [3.8, 4) is 11.1 Å². The summed E-state index contributed by atoms with van der Waals surface area (Å²) in [5.74, 6) is 1.64. The van der Waals surface area contributed by atoms with E-state index < -0.39 is 0 Å². The highest BCUT2D eigenvalue weighted by Gasteiger charge is 2.50. The molecule has 2 aromatic heterocycles. The Kier molecular flexibility index (Phi) is 7.87. The lowest BCUT2D eigenvalue weighted by molar-refractivity contribution is 0.0459. The maximum atomic E-state index is 4.99. The molecule has 218 valence electrons. The quantitative estimate of drug-likeness (QED) is 0.266. The van der Waals surface area contributed by atoms with Crippen LogP contribution in [-0.2, 0) is 11.8 Å². The van der Waals surface area contributed by atoms with E-state index in [0.29, 0.717) is 22.8 Å². The molecule has 4 fully saturated rings. The summed E-state index contributed by atoms with van der Waals surface area (Å²) in [5.41, 5.74) is 8.94. The predicted molar refractivity (Wildman–Crippen MR) is 171 cm³/mol. The van der Waals surface area contributed by atoms with Crippen LogP contribution in [0.15, 0.2) is 61.2 Å². The average Bonchev–Trinajstić information content (AvgIpc) is 3.52. The summed E-state index contributed by atoms with van der Waals surface area (Å²) in [6.45, 7) is 14.8. The molecule has 0 spiro atoms. The van der Waals surface area contributed by atoms with E-state index in [4.69, 9.17) is 11.6 Å². The molecule has 0 N–H and O–H groups in total. The van der Waals surface area contributed by atoms with Gasteiger partial charge in [-0.15, -0.1) is 0 Å². The Morgan fingerprint density at radius 3 is 2.37 bits per heavy atom. The van der Waals surface area contributed by atoms with Crippen LogP contribution < -0.4 is 4.90 Å². The molecule has 4 heteroatoms. The number of anilines is 1. The number of hydrogen-bond acceptors (Lipinski definition) is 3. The first kappa shape index (κ1) is 28.2. The SMILES string of the molecule is C=C(C1CCCCC1)N(CC12CCC(c3ccc(CC)c(C)c3)(CC1)CC2)c1cc(-c2cnn(C(C)C)c2)ccn1. The largest absolute Gasteiger partial charge is 0.330 e. The van der Waals surface area contributed by atoms with Gasteiger partial charge in [-0.25, -0.2) is 4.98 Å². The minimum Gasteiger partial charge on any atom is -0.330 e. The van der Waals surface area contributed by atoms with Crippen molar-refractivity contribution in [1.82, 2.24) is 14.8 Å². The van der Waals surface area contributed by atoms with E-state index in [1.807, 2.05) is 17.1 Å². The van der Waals surface area contributed by atoms with Crippen LogP contribution in [0.2, 0.25) is 0 Å². The van der Waals surface area contributed by atoms with Crippen molar-refractivity contribution in [2.24, 2.45) is 11.3 Å². The molecule has 7 rings (SSSR count). The fourth-order valence-electron chi connectivity index (χ4n) is 8.19.